The van der Waals surface area contributed by atoms with Gasteiger partial charge in [0.15, 0.2) is 0 Å². The van der Waals surface area contributed by atoms with E-state index in [9.17, 15) is 0 Å². The number of hydrogen-bond donors (Lipinski definition) is 0. The summed E-state index contributed by atoms with van der Waals surface area (Å²) in [7, 11) is 0. The Morgan fingerprint density at radius 2 is 1.91 bits per heavy atom. The van der Waals surface area contributed by atoms with Crippen molar-refractivity contribution in [1.29, 1.82) is 0 Å². The van der Waals surface area contributed by atoms with Crippen molar-refractivity contribution in [3.63, 3.8) is 0 Å². The molecule has 0 saturated carbocycles. The Hall–Kier alpha value is -2.14. The molecule has 23 heavy (non-hydrogen) atoms. The number of fused-ring (bicyclic) bond motifs is 1. The SMILES string of the molecule is C=C(C)COc1ccc(-c2cn3c(C)c(Br)c(C)nc3n2)cc1. The molecule has 0 bridgehead atoms. The highest BCUT2D eigenvalue weighted by Crippen LogP contribution is 2.25. The van der Waals surface area contributed by atoms with Gasteiger partial charge in [-0.3, -0.25) is 4.40 Å². The second-order valence-electron chi connectivity index (χ2n) is 5.66. The van der Waals surface area contributed by atoms with Crippen LogP contribution in [0.3, 0.4) is 0 Å². The molecule has 0 fully saturated rings. The number of imidazole rings is 1. The molecule has 0 N–H and O–H groups in total. The zero-order valence-electron chi connectivity index (χ0n) is 13.4. The largest absolute Gasteiger partial charge is 0.489 e. The van der Waals surface area contributed by atoms with Crippen LogP contribution in [-0.4, -0.2) is 21.0 Å². The number of hydrogen-bond acceptors (Lipinski definition) is 3. The van der Waals surface area contributed by atoms with E-state index in [-0.39, 0.29) is 0 Å². The normalized spacial score (nSPS) is 11.0. The van der Waals surface area contributed by atoms with Gasteiger partial charge in [-0.15, -0.1) is 0 Å². The van der Waals surface area contributed by atoms with Gasteiger partial charge in [0.25, 0.3) is 0 Å². The molecule has 118 valence electrons. The molecule has 0 amide bonds. The van der Waals surface area contributed by atoms with E-state index in [2.05, 4.69) is 32.5 Å². The average Bonchev–Trinajstić information content (AvgIpc) is 2.95. The minimum Gasteiger partial charge on any atom is -0.489 e. The monoisotopic (exact) mass is 371 g/mol. The first kappa shape index (κ1) is 15.7. The number of halogens is 1. The fourth-order valence-electron chi connectivity index (χ4n) is 2.33. The molecule has 0 radical (unpaired) electrons. The molecular formula is C18H18BrN3O. The van der Waals surface area contributed by atoms with Gasteiger partial charge >= 0.3 is 0 Å². The molecule has 0 unspecified atom stereocenters. The number of rotatable bonds is 4. The van der Waals surface area contributed by atoms with Crippen molar-refractivity contribution in [2.45, 2.75) is 20.8 Å². The Morgan fingerprint density at radius 3 is 2.57 bits per heavy atom. The number of ether oxygens (including phenoxy) is 1. The van der Waals surface area contributed by atoms with Crippen LogP contribution in [0.15, 0.2) is 47.1 Å². The zero-order chi connectivity index (χ0) is 16.6. The molecule has 3 rings (SSSR count). The van der Waals surface area contributed by atoms with Gasteiger partial charge in [-0.25, -0.2) is 9.97 Å². The van der Waals surface area contributed by atoms with Crippen LogP contribution in [0.5, 0.6) is 5.75 Å². The Labute approximate surface area is 144 Å². The van der Waals surface area contributed by atoms with Crippen LogP contribution in [0, 0.1) is 13.8 Å². The Kier molecular flexibility index (Phi) is 4.22. The van der Waals surface area contributed by atoms with E-state index in [0.29, 0.717) is 12.4 Å². The summed E-state index contributed by atoms with van der Waals surface area (Å²) >= 11 is 3.57. The van der Waals surface area contributed by atoms with Crippen LogP contribution in [0.25, 0.3) is 17.0 Å². The highest BCUT2D eigenvalue weighted by Gasteiger charge is 2.11. The number of benzene rings is 1. The van der Waals surface area contributed by atoms with Gasteiger partial charge < -0.3 is 4.74 Å². The minimum absolute atomic E-state index is 0.532. The molecule has 0 saturated heterocycles. The molecule has 0 aliphatic carbocycles. The highest BCUT2D eigenvalue weighted by atomic mass is 79.9. The molecule has 0 atom stereocenters. The highest BCUT2D eigenvalue weighted by molar-refractivity contribution is 9.10. The lowest BCUT2D eigenvalue weighted by Gasteiger charge is -2.05. The maximum atomic E-state index is 5.62. The van der Waals surface area contributed by atoms with E-state index in [1.54, 1.807) is 0 Å². The predicted molar refractivity (Wildman–Crippen MR) is 95.9 cm³/mol. The van der Waals surface area contributed by atoms with E-state index in [4.69, 9.17) is 4.74 Å². The van der Waals surface area contributed by atoms with Crippen LogP contribution in [-0.2, 0) is 0 Å². The molecule has 0 aliphatic heterocycles. The van der Waals surface area contributed by atoms with Gasteiger partial charge in [-0.1, -0.05) is 6.58 Å². The topological polar surface area (TPSA) is 39.4 Å². The molecule has 2 aromatic heterocycles. The summed E-state index contributed by atoms with van der Waals surface area (Å²) in [5.41, 5.74) is 4.95. The number of aromatic nitrogens is 3. The molecular weight excluding hydrogens is 354 g/mol. The first-order valence-electron chi connectivity index (χ1n) is 7.35. The van der Waals surface area contributed by atoms with Crippen molar-refractivity contribution in [2.75, 3.05) is 6.61 Å². The molecule has 1 aromatic carbocycles. The quantitative estimate of drug-likeness (QED) is 0.622. The summed E-state index contributed by atoms with van der Waals surface area (Å²) in [5, 5.41) is 0. The third-order valence-corrected chi connectivity index (χ3v) is 4.73. The van der Waals surface area contributed by atoms with Crippen LogP contribution >= 0.6 is 15.9 Å². The second kappa shape index (κ2) is 6.16. The first-order chi connectivity index (χ1) is 11.0. The lowest BCUT2D eigenvalue weighted by Crippen LogP contribution is -1.97. The summed E-state index contributed by atoms with van der Waals surface area (Å²) in [6, 6.07) is 7.91. The van der Waals surface area contributed by atoms with Gasteiger partial charge in [0.05, 0.1) is 15.9 Å². The lowest BCUT2D eigenvalue weighted by atomic mass is 10.1. The van der Waals surface area contributed by atoms with Gasteiger partial charge in [0.2, 0.25) is 5.78 Å². The fraction of sp³-hybridized carbons (Fsp3) is 0.222. The molecule has 3 aromatic rings. The summed E-state index contributed by atoms with van der Waals surface area (Å²) in [6.07, 6.45) is 2.01. The van der Waals surface area contributed by atoms with Crippen molar-refractivity contribution in [3.8, 4) is 17.0 Å². The Balaban J connectivity index is 1.94. The summed E-state index contributed by atoms with van der Waals surface area (Å²) in [6.45, 7) is 10.3. The van der Waals surface area contributed by atoms with Crippen molar-refractivity contribution < 1.29 is 4.74 Å². The Bertz CT molecular complexity index is 881. The van der Waals surface area contributed by atoms with Gasteiger partial charge in [-0.05, 0) is 66.5 Å². The minimum atomic E-state index is 0.532. The Morgan fingerprint density at radius 1 is 1.22 bits per heavy atom. The van der Waals surface area contributed by atoms with Crippen molar-refractivity contribution in [3.05, 3.63) is 58.5 Å². The zero-order valence-corrected chi connectivity index (χ0v) is 15.0. The average molecular weight is 372 g/mol. The van der Waals surface area contributed by atoms with Crippen LogP contribution in [0.4, 0.5) is 0 Å². The number of aryl methyl sites for hydroxylation is 2. The summed E-state index contributed by atoms with van der Waals surface area (Å²) in [5.74, 6) is 1.54. The molecule has 5 heteroatoms. The second-order valence-corrected chi connectivity index (χ2v) is 6.46. The fourth-order valence-corrected chi connectivity index (χ4v) is 2.61. The molecule has 2 heterocycles. The molecule has 0 spiro atoms. The van der Waals surface area contributed by atoms with E-state index in [1.165, 1.54) is 0 Å². The third-order valence-electron chi connectivity index (χ3n) is 3.59. The maximum absolute atomic E-state index is 5.62. The van der Waals surface area contributed by atoms with Gasteiger partial charge in [0, 0.05) is 17.5 Å². The van der Waals surface area contributed by atoms with E-state index >= 15 is 0 Å². The van der Waals surface area contributed by atoms with Crippen molar-refractivity contribution in [1.82, 2.24) is 14.4 Å². The lowest BCUT2D eigenvalue weighted by molar-refractivity contribution is 0.353. The van der Waals surface area contributed by atoms with E-state index < -0.39 is 0 Å². The van der Waals surface area contributed by atoms with Crippen LogP contribution in [0.1, 0.15) is 18.3 Å². The third kappa shape index (κ3) is 3.15. The van der Waals surface area contributed by atoms with Gasteiger partial charge in [0.1, 0.15) is 12.4 Å². The molecule has 0 aliphatic rings. The van der Waals surface area contributed by atoms with E-state index in [1.807, 2.05) is 55.6 Å². The summed E-state index contributed by atoms with van der Waals surface area (Å²) < 4.78 is 8.63. The van der Waals surface area contributed by atoms with Crippen LogP contribution in [0.2, 0.25) is 0 Å². The number of nitrogens with zero attached hydrogens (tertiary/aromatic N) is 3. The van der Waals surface area contributed by atoms with Crippen molar-refractivity contribution >= 4 is 21.7 Å². The predicted octanol–water partition coefficient (Wildman–Crippen LogP) is 4.73. The standard InChI is InChI=1S/C18H18BrN3O/c1-11(2)10-23-15-7-5-14(6-8-15)16-9-22-13(4)17(19)12(3)20-18(22)21-16/h5-9H,1,10H2,2-4H3. The van der Waals surface area contributed by atoms with Crippen LogP contribution < -0.4 is 4.74 Å². The van der Waals surface area contributed by atoms with Crippen molar-refractivity contribution in [2.24, 2.45) is 0 Å². The maximum Gasteiger partial charge on any atom is 0.234 e. The van der Waals surface area contributed by atoms with Gasteiger partial charge in [-0.2, -0.15) is 0 Å². The summed E-state index contributed by atoms with van der Waals surface area (Å²) in [4.78, 5) is 9.14. The van der Waals surface area contributed by atoms with E-state index in [0.717, 1.165) is 38.4 Å². The molecule has 4 nitrogen and oxygen atoms in total. The first-order valence-corrected chi connectivity index (χ1v) is 8.14. The smallest absolute Gasteiger partial charge is 0.234 e.